The van der Waals surface area contributed by atoms with Crippen molar-refractivity contribution in [3.8, 4) is 12.3 Å². The van der Waals surface area contributed by atoms with Crippen molar-refractivity contribution >= 4 is 5.91 Å². The van der Waals surface area contributed by atoms with E-state index in [-0.39, 0.29) is 5.91 Å². The van der Waals surface area contributed by atoms with Crippen LogP contribution in [0.1, 0.15) is 26.7 Å². The first kappa shape index (κ1) is 10.8. The maximum Gasteiger partial charge on any atom is 0.244 e. The van der Waals surface area contributed by atoms with Crippen LogP contribution in [0.2, 0.25) is 0 Å². The summed E-state index contributed by atoms with van der Waals surface area (Å²) in [6.07, 6.45) is 8.60. The van der Waals surface area contributed by atoms with Gasteiger partial charge in [-0.15, -0.1) is 6.42 Å². The minimum atomic E-state index is -0.0982. The molecule has 0 bridgehead atoms. The molecule has 0 aliphatic carbocycles. The predicted molar refractivity (Wildman–Crippen MR) is 50.5 cm³/mol. The predicted octanol–water partition coefficient (Wildman–Crippen LogP) is 1.48. The summed E-state index contributed by atoms with van der Waals surface area (Å²) in [7, 11) is 0. The van der Waals surface area contributed by atoms with Crippen LogP contribution in [0, 0.1) is 12.3 Å². The number of terminal acetylenes is 1. The van der Waals surface area contributed by atoms with Crippen molar-refractivity contribution in [1.29, 1.82) is 0 Å². The molecule has 0 saturated heterocycles. The number of rotatable bonds is 4. The zero-order valence-corrected chi connectivity index (χ0v) is 7.68. The van der Waals surface area contributed by atoms with E-state index in [2.05, 4.69) is 18.2 Å². The van der Waals surface area contributed by atoms with Crippen molar-refractivity contribution in [3.63, 3.8) is 0 Å². The average Bonchev–Trinajstić information content (AvgIpc) is 2.01. The van der Waals surface area contributed by atoms with Crippen LogP contribution in [0.25, 0.3) is 0 Å². The van der Waals surface area contributed by atoms with Gasteiger partial charge in [0.25, 0.3) is 0 Å². The van der Waals surface area contributed by atoms with Crippen molar-refractivity contribution in [2.45, 2.75) is 26.7 Å². The Hall–Kier alpha value is -1.23. The van der Waals surface area contributed by atoms with E-state index in [1.807, 2.05) is 6.92 Å². The van der Waals surface area contributed by atoms with Crippen LogP contribution in [-0.2, 0) is 4.79 Å². The molecule has 0 aliphatic rings. The van der Waals surface area contributed by atoms with Crippen LogP contribution in [0.4, 0.5) is 0 Å². The fraction of sp³-hybridized carbons (Fsp3) is 0.500. The van der Waals surface area contributed by atoms with Gasteiger partial charge in [0.1, 0.15) is 0 Å². The summed E-state index contributed by atoms with van der Waals surface area (Å²) in [6.45, 7) is 4.32. The molecule has 2 nitrogen and oxygen atoms in total. The minimum absolute atomic E-state index is 0.0982. The van der Waals surface area contributed by atoms with Crippen LogP contribution < -0.4 is 5.32 Å². The van der Waals surface area contributed by atoms with E-state index in [0.29, 0.717) is 6.54 Å². The summed E-state index contributed by atoms with van der Waals surface area (Å²) in [5.74, 6) is 2.24. The van der Waals surface area contributed by atoms with Gasteiger partial charge in [-0.1, -0.05) is 24.8 Å². The monoisotopic (exact) mass is 165 g/mol. The van der Waals surface area contributed by atoms with Gasteiger partial charge in [0.2, 0.25) is 5.91 Å². The van der Waals surface area contributed by atoms with E-state index in [4.69, 9.17) is 6.42 Å². The Morgan fingerprint density at radius 3 is 2.83 bits per heavy atom. The molecular weight excluding hydrogens is 150 g/mol. The quantitative estimate of drug-likeness (QED) is 0.496. The maximum absolute atomic E-state index is 11.0. The van der Waals surface area contributed by atoms with E-state index < -0.39 is 0 Å². The van der Waals surface area contributed by atoms with Crippen LogP contribution in [-0.4, -0.2) is 12.5 Å². The Morgan fingerprint density at radius 1 is 1.67 bits per heavy atom. The lowest BCUT2D eigenvalue weighted by Gasteiger charge is -1.98. The zero-order chi connectivity index (χ0) is 9.40. The van der Waals surface area contributed by atoms with Gasteiger partial charge < -0.3 is 5.32 Å². The van der Waals surface area contributed by atoms with E-state index in [9.17, 15) is 4.79 Å². The van der Waals surface area contributed by atoms with Gasteiger partial charge >= 0.3 is 0 Å². The molecule has 0 spiro atoms. The molecule has 0 aromatic carbocycles. The van der Waals surface area contributed by atoms with Crippen LogP contribution >= 0.6 is 0 Å². The molecule has 0 fully saturated rings. The number of hydrogen-bond donors (Lipinski definition) is 1. The first-order valence-corrected chi connectivity index (χ1v) is 4.09. The van der Waals surface area contributed by atoms with Gasteiger partial charge in [0.15, 0.2) is 0 Å². The van der Waals surface area contributed by atoms with Crippen molar-refractivity contribution in [2.24, 2.45) is 0 Å². The number of hydrogen-bond acceptors (Lipinski definition) is 1. The molecule has 0 aromatic heterocycles. The molecule has 12 heavy (non-hydrogen) atoms. The summed E-state index contributed by atoms with van der Waals surface area (Å²) in [6, 6.07) is 0. The molecule has 66 valence electrons. The van der Waals surface area contributed by atoms with Gasteiger partial charge in [-0.2, -0.15) is 0 Å². The Morgan fingerprint density at radius 2 is 2.33 bits per heavy atom. The number of nitrogens with one attached hydrogen (secondary N) is 1. The fourth-order valence-electron chi connectivity index (χ4n) is 0.879. The smallest absolute Gasteiger partial charge is 0.244 e. The SMILES string of the molecule is C#CCNC(=O)/C=C(\C)CCC. The van der Waals surface area contributed by atoms with Crippen molar-refractivity contribution in [3.05, 3.63) is 11.6 Å². The minimum Gasteiger partial charge on any atom is -0.342 e. The summed E-state index contributed by atoms with van der Waals surface area (Å²) in [5.41, 5.74) is 1.09. The Labute approximate surface area is 74.0 Å². The van der Waals surface area contributed by atoms with Crippen molar-refractivity contribution in [1.82, 2.24) is 5.32 Å². The van der Waals surface area contributed by atoms with Gasteiger partial charge in [0, 0.05) is 6.08 Å². The molecule has 0 aromatic rings. The second kappa shape index (κ2) is 6.48. The highest BCUT2D eigenvalue weighted by Crippen LogP contribution is 2.01. The molecule has 2 heteroatoms. The van der Waals surface area contributed by atoms with E-state index in [1.165, 1.54) is 0 Å². The largest absolute Gasteiger partial charge is 0.342 e. The van der Waals surface area contributed by atoms with Crippen molar-refractivity contribution < 1.29 is 4.79 Å². The van der Waals surface area contributed by atoms with E-state index in [0.717, 1.165) is 18.4 Å². The third-order valence-corrected chi connectivity index (χ3v) is 1.39. The summed E-state index contributed by atoms with van der Waals surface area (Å²) in [5, 5.41) is 2.57. The second-order valence-electron chi connectivity index (χ2n) is 2.66. The summed E-state index contributed by atoms with van der Waals surface area (Å²) < 4.78 is 0. The van der Waals surface area contributed by atoms with Gasteiger partial charge in [-0.25, -0.2) is 0 Å². The normalized spacial score (nSPS) is 10.6. The fourth-order valence-corrected chi connectivity index (χ4v) is 0.879. The lowest BCUT2D eigenvalue weighted by molar-refractivity contribution is -0.116. The summed E-state index contributed by atoms with van der Waals surface area (Å²) in [4.78, 5) is 11.0. The standard InChI is InChI=1S/C10H15NO/c1-4-6-9(3)8-10(12)11-7-5-2/h2,8H,4,6-7H2,1,3H3,(H,11,12)/b9-8+. The third kappa shape index (κ3) is 5.55. The van der Waals surface area contributed by atoms with E-state index >= 15 is 0 Å². The van der Waals surface area contributed by atoms with Gasteiger partial charge in [0.05, 0.1) is 6.54 Å². The first-order valence-electron chi connectivity index (χ1n) is 4.09. The lowest BCUT2D eigenvalue weighted by atomic mass is 10.1. The highest BCUT2D eigenvalue weighted by atomic mass is 16.1. The average molecular weight is 165 g/mol. The Kier molecular flexibility index (Phi) is 5.81. The summed E-state index contributed by atoms with van der Waals surface area (Å²) >= 11 is 0. The maximum atomic E-state index is 11.0. The number of allylic oxidation sites excluding steroid dienone is 1. The van der Waals surface area contributed by atoms with Crippen LogP contribution in [0.15, 0.2) is 11.6 Å². The topological polar surface area (TPSA) is 29.1 Å². The molecule has 1 amide bonds. The molecule has 0 saturated carbocycles. The number of amides is 1. The third-order valence-electron chi connectivity index (χ3n) is 1.39. The molecular formula is C10H15NO. The highest BCUT2D eigenvalue weighted by molar-refractivity contribution is 5.88. The number of carbonyl (C=O) groups excluding carboxylic acids is 1. The highest BCUT2D eigenvalue weighted by Gasteiger charge is 1.94. The molecule has 1 N–H and O–H groups in total. The first-order chi connectivity index (χ1) is 5.70. The molecule has 0 heterocycles. The number of carbonyl (C=O) groups is 1. The molecule has 0 radical (unpaired) electrons. The van der Waals surface area contributed by atoms with Crippen molar-refractivity contribution in [2.75, 3.05) is 6.54 Å². The molecule has 0 atom stereocenters. The van der Waals surface area contributed by atoms with Gasteiger partial charge in [-0.05, 0) is 13.3 Å². The molecule has 0 aliphatic heterocycles. The molecule has 0 unspecified atom stereocenters. The second-order valence-corrected chi connectivity index (χ2v) is 2.66. The zero-order valence-electron chi connectivity index (χ0n) is 7.68. The lowest BCUT2D eigenvalue weighted by Crippen LogP contribution is -2.21. The van der Waals surface area contributed by atoms with Crippen LogP contribution in [0.3, 0.4) is 0 Å². The Balaban J connectivity index is 3.81. The van der Waals surface area contributed by atoms with Gasteiger partial charge in [-0.3, -0.25) is 4.79 Å². The van der Waals surface area contributed by atoms with E-state index in [1.54, 1.807) is 6.08 Å². The molecule has 0 rings (SSSR count). The van der Waals surface area contributed by atoms with Crippen LogP contribution in [0.5, 0.6) is 0 Å². The Bertz CT molecular complexity index is 210.